The number of hydrogen-bond acceptors (Lipinski definition) is 4. The van der Waals surface area contributed by atoms with E-state index in [2.05, 4.69) is 20.6 Å². The van der Waals surface area contributed by atoms with Crippen LogP contribution < -0.4 is 10.6 Å². The maximum absolute atomic E-state index is 11.7. The summed E-state index contributed by atoms with van der Waals surface area (Å²) in [5.41, 5.74) is 2.11. The number of aryl methyl sites for hydroxylation is 1. The molecule has 0 saturated heterocycles. The van der Waals surface area contributed by atoms with E-state index in [9.17, 15) is 9.59 Å². The first kappa shape index (κ1) is 14.4. The summed E-state index contributed by atoms with van der Waals surface area (Å²) in [6.07, 6.45) is 2.95. The molecule has 0 atom stereocenters. The number of rotatable bonds is 4. The van der Waals surface area contributed by atoms with E-state index in [0.29, 0.717) is 12.2 Å². The largest absolute Gasteiger partial charge is 0.477 e. The molecule has 0 fully saturated rings. The maximum atomic E-state index is 11.7. The number of hydrogen-bond donors (Lipinski definition) is 3. The summed E-state index contributed by atoms with van der Waals surface area (Å²) >= 11 is 0. The van der Waals surface area contributed by atoms with Crippen LogP contribution in [0.5, 0.6) is 0 Å². The van der Waals surface area contributed by atoms with Crippen molar-refractivity contribution in [2.75, 3.05) is 5.32 Å². The van der Waals surface area contributed by atoms with Gasteiger partial charge in [-0.25, -0.2) is 14.6 Å². The first-order valence-corrected chi connectivity index (χ1v) is 6.21. The van der Waals surface area contributed by atoms with Crippen LogP contribution in [0, 0.1) is 6.92 Å². The highest BCUT2D eigenvalue weighted by molar-refractivity contribution is 5.90. The lowest BCUT2D eigenvalue weighted by Gasteiger charge is -2.08. The number of anilines is 1. The number of aromatic carboxylic acids is 1. The van der Waals surface area contributed by atoms with E-state index >= 15 is 0 Å². The Morgan fingerprint density at radius 3 is 2.67 bits per heavy atom. The van der Waals surface area contributed by atoms with E-state index in [1.54, 1.807) is 6.20 Å². The van der Waals surface area contributed by atoms with Crippen molar-refractivity contribution in [1.29, 1.82) is 0 Å². The van der Waals surface area contributed by atoms with Crippen LogP contribution in [0.15, 0.2) is 36.7 Å². The van der Waals surface area contributed by atoms with E-state index < -0.39 is 12.0 Å². The van der Waals surface area contributed by atoms with Crippen LogP contribution in [0.25, 0.3) is 0 Å². The van der Waals surface area contributed by atoms with Crippen molar-refractivity contribution in [2.24, 2.45) is 0 Å². The van der Waals surface area contributed by atoms with Crippen LogP contribution in [0.2, 0.25) is 0 Å². The quantitative estimate of drug-likeness (QED) is 0.795. The fraction of sp³-hybridized carbons (Fsp3) is 0.143. The molecule has 2 amide bonds. The van der Waals surface area contributed by atoms with Crippen LogP contribution in [-0.4, -0.2) is 27.1 Å². The Balaban J connectivity index is 1.90. The Labute approximate surface area is 121 Å². The van der Waals surface area contributed by atoms with Crippen LogP contribution in [0.1, 0.15) is 21.7 Å². The molecule has 0 radical (unpaired) electrons. The summed E-state index contributed by atoms with van der Waals surface area (Å²) in [5.74, 6) is -1.11. The molecule has 7 nitrogen and oxygen atoms in total. The van der Waals surface area contributed by atoms with Gasteiger partial charge in [-0.15, -0.1) is 0 Å². The van der Waals surface area contributed by atoms with Gasteiger partial charge >= 0.3 is 12.0 Å². The summed E-state index contributed by atoms with van der Waals surface area (Å²) in [7, 11) is 0. The molecule has 0 aliphatic rings. The van der Waals surface area contributed by atoms with Crippen molar-refractivity contribution >= 4 is 17.7 Å². The average Bonchev–Trinajstić information content (AvgIpc) is 2.47. The molecule has 0 aromatic carbocycles. The number of amides is 2. The van der Waals surface area contributed by atoms with Gasteiger partial charge in [-0.05, 0) is 30.7 Å². The SMILES string of the molecule is Cc1cccnc1CNC(=O)Nc1ccc(C(=O)O)nc1. The highest BCUT2D eigenvalue weighted by atomic mass is 16.4. The smallest absolute Gasteiger partial charge is 0.354 e. The van der Waals surface area contributed by atoms with Gasteiger partial charge in [0.2, 0.25) is 0 Å². The van der Waals surface area contributed by atoms with Gasteiger partial charge in [0.05, 0.1) is 24.1 Å². The lowest BCUT2D eigenvalue weighted by molar-refractivity contribution is 0.0690. The van der Waals surface area contributed by atoms with E-state index in [-0.39, 0.29) is 5.69 Å². The zero-order chi connectivity index (χ0) is 15.2. The molecule has 2 aromatic heterocycles. The molecular weight excluding hydrogens is 272 g/mol. The van der Waals surface area contributed by atoms with E-state index in [0.717, 1.165) is 11.3 Å². The monoisotopic (exact) mass is 286 g/mol. The van der Waals surface area contributed by atoms with Crippen molar-refractivity contribution in [3.05, 3.63) is 53.6 Å². The predicted molar refractivity (Wildman–Crippen MR) is 76.0 cm³/mol. The molecule has 0 saturated carbocycles. The molecule has 3 N–H and O–H groups in total. The number of nitrogens with one attached hydrogen (secondary N) is 2. The lowest BCUT2D eigenvalue weighted by atomic mass is 10.2. The summed E-state index contributed by atoms with van der Waals surface area (Å²) in [6, 6.07) is 6.12. The Morgan fingerprint density at radius 2 is 2.05 bits per heavy atom. The standard InChI is InChI=1S/C14H14N4O3/c1-9-3-2-6-15-12(9)8-17-14(21)18-10-4-5-11(13(19)20)16-7-10/h2-7H,8H2,1H3,(H,19,20)(H2,17,18,21). The average molecular weight is 286 g/mol. The Bertz CT molecular complexity index is 656. The molecule has 2 heterocycles. The summed E-state index contributed by atoms with van der Waals surface area (Å²) in [6.45, 7) is 2.22. The maximum Gasteiger partial charge on any atom is 0.354 e. The Kier molecular flexibility index (Phi) is 4.45. The summed E-state index contributed by atoms with van der Waals surface area (Å²) in [4.78, 5) is 30.3. The Morgan fingerprint density at radius 1 is 1.24 bits per heavy atom. The third-order valence-electron chi connectivity index (χ3n) is 2.77. The highest BCUT2D eigenvalue weighted by Gasteiger charge is 2.06. The third-order valence-corrected chi connectivity index (χ3v) is 2.77. The zero-order valence-electron chi connectivity index (χ0n) is 11.3. The normalized spacial score (nSPS) is 9.95. The van der Waals surface area contributed by atoms with Gasteiger partial charge in [0.15, 0.2) is 0 Å². The number of aromatic nitrogens is 2. The topological polar surface area (TPSA) is 104 Å². The van der Waals surface area contributed by atoms with Crippen molar-refractivity contribution in [3.8, 4) is 0 Å². The van der Waals surface area contributed by atoms with Gasteiger partial charge in [0, 0.05) is 6.20 Å². The lowest BCUT2D eigenvalue weighted by Crippen LogP contribution is -2.28. The number of carbonyl (C=O) groups excluding carboxylic acids is 1. The minimum atomic E-state index is -1.11. The number of carbonyl (C=O) groups is 2. The number of carboxylic acids is 1. The second kappa shape index (κ2) is 6.47. The molecule has 108 valence electrons. The number of carboxylic acid groups (broad SMARTS) is 1. The van der Waals surface area contributed by atoms with Crippen molar-refractivity contribution in [2.45, 2.75) is 13.5 Å². The predicted octanol–water partition coefficient (Wildman–Crippen LogP) is 1.80. The van der Waals surface area contributed by atoms with E-state index in [4.69, 9.17) is 5.11 Å². The first-order chi connectivity index (χ1) is 10.1. The van der Waals surface area contributed by atoms with Crippen LogP contribution in [-0.2, 0) is 6.54 Å². The van der Waals surface area contributed by atoms with Crippen LogP contribution >= 0.6 is 0 Å². The number of pyridine rings is 2. The molecule has 7 heteroatoms. The minimum absolute atomic E-state index is 0.0786. The molecule has 0 unspecified atom stereocenters. The van der Waals surface area contributed by atoms with Gasteiger partial charge in [0.1, 0.15) is 5.69 Å². The second-order valence-corrected chi connectivity index (χ2v) is 4.31. The summed E-state index contributed by atoms with van der Waals surface area (Å²) < 4.78 is 0. The fourth-order valence-electron chi connectivity index (χ4n) is 1.64. The van der Waals surface area contributed by atoms with Crippen LogP contribution in [0.4, 0.5) is 10.5 Å². The first-order valence-electron chi connectivity index (χ1n) is 6.21. The van der Waals surface area contributed by atoms with Gasteiger partial charge < -0.3 is 15.7 Å². The van der Waals surface area contributed by atoms with Crippen molar-refractivity contribution in [1.82, 2.24) is 15.3 Å². The number of nitrogens with zero attached hydrogens (tertiary/aromatic N) is 2. The second-order valence-electron chi connectivity index (χ2n) is 4.31. The molecule has 0 bridgehead atoms. The molecule has 2 aromatic rings. The minimum Gasteiger partial charge on any atom is -0.477 e. The molecular formula is C14H14N4O3. The molecule has 0 aliphatic carbocycles. The van der Waals surface area contributed by atoms with Crippen molar-refractivity contribution in [3.63, 3.8) is 0 Å². The number of urea groups is 1. The Hall–Kier alpha value is -2.96. The molecule has 0 spiro atoms. The van der Waals surface area contributed by atoms with Gasteiger partial charge in [-0.2, -0.15) is 0 Å². The van der Waals surface area contributed by atoms with Gasteiger partial charge in [-0.1, -0.05) is 6.07 Å². The zero-order valence-corrected chi connectivity index (χ0v) is 11.3. The molecule has 2 rings (SSSR count). The van der Waals surface area contributed by atoms with Gasteiger partial charge in [-0.3, -0.25) is 4.98 Å². The summed E-state index contributed by atoms with van der Waals surface area (Å²) in [5, 5.41) is 14.0. The van der Waals surface area contributed by atoms with Crippen molar-refractivity contribution < 1.29 is 14.7 Å². The molecule has 21 heavy (non-hydrogen) atoms. The van der Waals surface area contributed by atoms with Gasteiger partial charge in [0.25, 0.3) is 0 Å². The van der Waals surface area contributed by atoms with E-state index in [1.165, 1.54) is 18.3 Å². The highest BCUT2D eigenvalue weighted by Crippen LogP contribution is 2.06. The third kappa shape index (κ3) is 4.00. The molecule has 0 aliphatic heterocycles. The fourth-order valence-corrected chi connectivity index (χ4v) is 1.64. The van der Waals surface area contributed by atoms with Crippen LogP contribution in [0.3, 0.4) is 0 Å². The van der Waals surface area contributed by atoms with E-state index in [1.807, 2.05) is 19.1 Å².